The number of nitrogens with one attached hydrogen (secondary N) is 1. The molecule has 112 valence electrons. The Kier molecular flexibility index (Phi) is 4.12. The van der Waals surface area contributed by atoms with Crippen LogP contribution in [0.1, 0.15) is 34.3 Å². The molecule has 1 aliphatic carbocycles. The summed E-state index contributed by atoms with van der Waals surface area (Å²) in [5.41, 5.74) is 0.837. The van der Waals surface area contributed by atoms with Crippen molar-refractivity contribution < 1.29 is 13.5 Å². The van der Waals surface area contributed by atoms with Crippen LogP contribution in [-0.4, -0.2) is 18.8 Å². The lowest BCUT2D eigenvalue weighted by Gasteiger charge is -2.08. The molecular weight excluding hydrogens is 306 g/mol. The van der Waals surface area contributed by atoms with Gasteiger partial charge in [-0.25, -0.2) is 13.1 Å². The first kappa shape index (κ1) is 14.7. The van der Waals surface area contributed by atoms with Crippen molar-refractivity contribution in [1.82, 2.24) is 4.72 Å². The van der Waals surface area contributed by atoms with Crippen LogP contribution in [0.2, 0.25) is 0 Å². The molecule has 21 heavy (non-hydrogen) atoms. The molecule has 1 saturated carbocycles. The van der Waals surface area contributed by atoms with Crippen LogP contribution in [0.25, 0.3) is 0 Å². The largest absolute Gasteiger partial charge is 0.383 e. The predicted molar refractivity (Wildman–Crippen MR) is 83.6 cm³/mol. The van der Waals surface area contributed by atoms with Crippen molar-refractivity contribution in [2.24, 2.45) is 0 Å². The number of sulfonamides is 1. The van der Waals surface area contributed by atoms with Crippen LogP contribution in [0.5, 0.6) is 0 Å². The van der Waals surface area contributed by atoms with Gasteiger partial charge in [0.15, 0.2) is 0 Å². The fourth-order valence-electron chi connectivity index (χ4n) is 2.10. The van der Waals surface area contributed by atoms with Gasteiger partial charge in [-0.2, -0.15) is 0 Å². The monoisotopic (exact) mass is 323 g/mol. The lowest BCUT2D eigenvalue weighted by atomic mass is 10.1. The van der Waals surface area contributed by atoms with Gasteiger partial charge in [-0.3, -0.25) is 0 Å². The van der Waals surface area contributed by atoms with Gasteiger partial charge in [-0.15, -0.1) is 11.3 Å². The fraction of sp³-hybridized carbons (Fsp3) is 0.333. The Balaban J connectivity index is 1.66. The Hall–Kier alpha value is -1.21. The zero-order valence-electron chi connectivity index (χ0n) is 11.4. The molecule has 3 rings (SSSR count). The van der Waals surface area contributed by atoms with Crippen LogP contribution in [0.15, 0.2) is 42.5 Å². The molecule has 0 bridgehead atoms. The third-order valence-electron chi connectivity index (χ3n) is 3.48. The van der Waals surface area contributed by atoms with E-state index in [0.717, 1.165) is 28.2 Å². The van der Waals surface area contributed by atoms with E-state index in [1.807, 2.05) is 42.5 Å². The Morgan fingerprint density at radius 1 is 1.19 bits per heavy atom. The highest BCUT2D eigenvalue weighted by Gasteiger charge is 2.35. The molecule has 0 aliphatic heterocycles. The van der Waals surface area contributed by atoms with Gasteiger partial charge in [0.05, 0.1) is 5.25 Å². The van der Waals surface area contributed by atoms with Crippen LogP contribution in [0.3, 0.4) is 0 Å². The van der Waals surface area contributed by atoms with Crippen LogP contribution in [-0.2, 0) is 16.6 Å². The van der Waals surface area contributed by atoms with E-state index in [9.17, 15) is 13.5 Å². The van der Waals surface area contributed by atoms with Crippen molar-refractivity contribution in [3.05, 3.63) is 57.8 Å². The Morgan fingerprint density at radius 3 is 2.57 bits per heavy atom. The van der Waals surface area contributed by atoms with E-state index in [1.54, 1.807) is 0 Å². The third kappa shape index (κ3) is 3.52. The normalized spacial score (nSPS) is 16.8. The van der Waals surface area contributed by atoms with Crippen LogP contribution in [0.4, 0.5) is 0 Å². The number of hydrogen-bond donors (Lipinski definition) is 2. The molecule has 6 heteroatoms. The first-order chi connectivity index (χ1) is 10.1. The molecule has 1 heterocycles. The summed E-state index contributed by atoms with van der Waals surface area (Å²) < 4.78 is 26.2. The smallest absolute Gasteiger partial charge is 0.214 e. The van der Waals surface area contributed by atoms with E-state index >= 15 is 0 Å². The van der Waals surface area contributed by atoms with Crippen LogP contribution < -0.4 is 4.72 Å². The van der Waals surface area contributed by atoms with Crippen LogP contribution >= 0.6 is 11.3 Å². The average Bonchev–Trinajstić information content (AvgIpc) is 3.26. The van der Waals surface area contributed by atoms with Gasteiger partial charge in [-0.1, -0.05) is 30.3 Å². The van der Waals surface area contributed by atoms with E-state index in [2.05, 4.69) is 4.72 Å². The molecule has 1 aromatic carbocycles. The SMILES string of the molecule is O=S(=O)(NCc1ccc([C@H](O)c2ccccc2)s1)C1CC1. The van der Waals surface area contributed by atoms with Gasteiger partial charge in [0, 0.05) is 16.3 Å². The Labute approximate surface area is 128 Å². The van der Waals surface area contributed by atoms with Gasteiger partial charge >= 0.3 is 0 Å². The van der Waals surface area contributed by atoms with Gasteiger partial charge in [0.2, 0.25) is 10.0 Å². The highest BCUT2D eigenvalue weighted by molar-refractivity contribution is 7.90. The van der Waals surface area contributed by atoms with E-state index < -0.39 is 16.1 Å². The number of benzene rings is 1. The lowest BCUT2D eigenvalue weighted by Crippen LogP contribution is -2.26. The van der Waals surface area contributed by atoms with E-state index in [-0.39, 0.29) is 5.25 Å². The second-order valence-corrected chi connectivity index (χ2v) is 8.43. The zero-order valence-corrected chi connectivity index (χ0v) is 13.0. The molecule has 1 fully saturated rings. The molecule has 1 aromatic heterocycles. The third-order valence-corrected chi connectivity index (χ3v) is 6.51. The van der Waals surface area contributed by atoms with Gasteiger partial charge in [0.1, 0.15) is 6.10 Å². The summed E-state index contributed by atoms with van der Waals surface area (Å²) in [6, 6.07) is 13.1. The molecule has 2 N–H and O–H groups in total. The molecule has 1 atom stereocenters. The Bertz CT molecular complexity index is 706. The molecule has 2 aromatic rings. The van der Waals surface area contributed by atoms with Crippen molar-refractivity contribution in [2.75, 3.05) is 0 Å². The molecule has 0 unspecified atom stereocenters. The first-order valence-electron chi connectivity index (χ1n) is 6.86. The number of thiophene rings is 1. The van der Waals surface area contributed by atoms with E-state index in [1.165, 1.54) is 11.3 Å². The maximum atomic E-state index is 11.8. The number of aliphatic hydroxyl groups excluding tert-OH is 1. The average molecular weight is 323 g/mol. The standard InChI is InChI=1S/C15H17NO3S2/c17-15(11-4-2-1-3-5-11)14-9-6-12(20-14)10-16-21(18,19)13-7-8-13/h1-6,9,13,15-17H,7-8,10H2/t15-/m1/s1. The van der Waals surface area contributed by atoms with E-state index in [0.29, 0.717) is 6.54 Å². The highest BCUT2D eigenvalue weighted by atomic mass is 32.2. The Morgan fingerprint density at radius 2 is 1.90 bits per heavy atom. The number of hydrogen-bond acceptors (Lipinski definition) is 4. The highest BCUT2D eigenvalue weighted by Crippen LogP contribution is 2.30. The number of rotatable bonds is 6. The minimum absolute atomic E-state index is 0.202. The van der Waals surface area contributed by atoms with Gasteiger partial charge in [0.25, 0.3) is 0 Å². The summed E-state index contributed by atoms with van der Waals surface area (Å²) in [5.74, 6) is 0. The summed E-state index contributed by atoms with van der Waals surface area (Å²) in [4.78, 5) is 1.73. The maximum Gasteiger partial charge on any atom is 0.214 e. The summed E-state index contributed by atoms with van der Waals surface area (Å²) >= 11 is 1.43. The molecular formula is C15H17NO3S2. The minimum Gasteiger partial charge on any atom is -0.383 e. The quantitative estimate of drug-likeness (QED) is 0.858. The minimum atomic E-state index is -3.15. The molecule has 0 amide bonds. The van der Waals surface area contributed by atoms with Crippen molar-refractivity contribution >= 4 is 21.4 Å². The summed E-state index contributed by atoms with van der Waals surface area (Å²) in [7, 11) is -3.15. The van der Waals surface area contributed by atoms with E-state index in [4.69, 9.17) is 0 Å². The predicted octanol–water partition coefficient (Wildman–Crippen LogP) is 2.41. The second kappa shape index (κ2) is 5.88. The van der Waals surface area contributed by atoms with Crippen molar-refractivity contribution in [1.29, 1.82) is 0 Å². The van der Waals surface area contributed by atoms with Gasteiger partial charge < -0.3 is 5.11 Å². The molecule has 0 radical (unpaired) electrons. The molecule has 0 spiro atoms. The molecule has 4 nitrogen and oxygen atoms in total. The summed E-state index contributed by atoms with van der Waals surface area (Å²) in [6.07, 6.45) is 0.861. The second-order valence-electron chi connectivity index (χ2n) is 5.18. The fourth-order valence-corrected chi connectivity index (χ4v) is 4.51. The number of aliphatic hydroxyl groups is 1. The van der Waals surface area contributed by atoms with Gasteiger partial charge in [-0.05, 0) is 30.5 Å². The topological polar surface area (TPSA) is 66.4 Å². The first-order valence-corrected chi connectivity index (χ1v) is 9.22. The zero-order chi connectivity index (χ0) is 14.9. The lowest BCUT2D eigenvalue weighted by molar-refractivity contribution is 0.224. The summed E-state index contributed by atoms with van der Waals surface area (Å²) in [5, 5.41) is 10.1. The maximum absolute atomic E-state index is 11.8. The molecule has 0 saturated heterocycles. The van der Waals surface area contributed by atoms with Crippen molar-refractivity contribution in [3.63, 3.8) is 0 Å². The van der Waals surface area contributed by atoms with Crippen molar-refractivity contribution in [3.8, 4) is 0 Å². The van der Waals surface area contributed by atoms with Crippen molar-refractivity contribution in [2.45, 2.75) is 30.7 Å². The molecule has 1 aliphatic rings. The summed E-state index contributed by atoms with van der Waals surface area (Å²) in [6.45, 7) is 0.297. The van der Waals surface area contributed by atoms with Crippen LogP contribution in [0, 0.1) is 0 Å².